The van der Waals surface area contributed by atoms with Crippen molar-refractivity contribution in [3.63, 3.8) is 0 Å². The van der Waals surface area contributed by atoms with E-state index in [2.05, 4.69) is 0 Å². The first kappa shape index (κ1) is 20.8. The van der Waals surface area contributed by atoms with Gasteiger partial charge in [-0.2, -0.15) is 0 Å². The molecule has 0 radical (unpaired) electrons. The van der Waals surface area contributed by atoms with E-state index in [1.54, 1.807) is 6.92 Å². The van der Waals surface area contributed by atoms with Crippen molar-refractivity contribution < 1.29 is 24.6 Å². The summed E-state index contributed by atoms with van der Waals surface area (Å²) < 4.78 is 0. The molecular formula is C7H13NNa2O5. The maximum absolute atomic E-state index is 11.0. The Hall–Kier alpha value is 0.410. The van der Waals surface area contributed by atoms with E-state index in [-0.39, 0.29) is 65.5 Å². The van der Waals surface area contributed by atoms with E-state index in [9.17, 15) is 14.4 Å². The van der Waals surface area contributed by atoms with Crippen molar-refractivity contribution in [2.75, 3.05) is 13.1 Å². The van der Waals surface area contributed by atoms with Gasteiger partial charge in [0, 0.05) is 6.42 Å². The molecule has 0 spiro atoms. The molecule has 2 N–H and O–H groups in total. The number of carbonyl (C=O) groups is 3. The Morgan fingerprint density at radius 3 is 1.53 bits per heavy atom. The van der Waals surface area contributed by atoms with E-state index >= 15 is 0 Å². The van der Waals surface area contributed by atoms with Crippen molar-refractivity contribution in [3.8, 4) is 0 Å². The number of hydrogen-bond donors (Lipinski definition) is 2. The molecule has 8 heteroatoms. The van der Waals surface area contributed by atoms with Crippen LogP contribution in [0.3, 0.4) is 0 Å². The predicted octanol–water partition coefficient (Wildman–Crippen LogP) is -1.90. The molecule has 1 amide bonds. The summed E-state index contributed by atoms with van der Waals surface area (Å²) in [5.41, 5.74) is 0. The van der Waals surface area contributed by atoms with Crippen LogP contribution in [0.25, 0.3) is 0 Å². The molecule has 0 saturated heterocycles. The first-order chi connectivity index (χ1) is 5.97. The summed E-state index contributed by atoms with van der Waals surface area (Å²) >= 11 is 0. The topological polar surface area (TPSA) is 94.9 Å². The molecule has 0 aliphatic heterocycles. The molecule has 0 fully saturated rings. The minimum absolute atomic E-state index is 0. The summed E-state index contributed by atoms with van der Waals surface area (Å²) in [7, 11) is 0. The monoisotopic (exact) mass is 237 g/mol. The average Bonchev–Trinajstić information content (AvgIpc) is 2.00. The Morgan fingerprint density at radius 2 is 1.33 bits per heavy atom. The molecule has 0 aromatic carbocycles. The number of carboxylic acids is 2. The zero-order valence-electron chi connectivity index (χ0n) is 7.19. The fourth-order valence-corrected chi connectivity index (χ4v) is 0.782. The number of hydrogen-bond acceptors (Lipinski definition) is 3. The third-order valence-electron chi connectivity index (χ3n) is 1.31. The van der Waals surface area contributed by atoms with Crippen LogP contribution in [0.5, 0.6) is 0 Å². The van der Waals surface area contributed by atoms with E-state index < -0.39 is 30.9 Å². The molecule has 15 heavy (non-hydrogen) atoms. The molecule has 0 atom stereocenters. The third-order valence-corrected chi connectivity index (χ3v) is 1.31. The van der Waals surface area contributed by atoms with Crippen LogP contribution >= 0.6 is 0 Å². The van der Waals surface area contributed by atoms with Gasteiger partial charge in [-0.05, 0) is 0 Å². The van der Waals surface area contributed by atoms with E-state index in [4.69, 9.17) is 10.2 Å². The van der Waals surface area contributed by atoms with E-state index in [1.807, 2.05) is 0 Å². The SMILES string of the molecule is CCC(=O)N(CC(=O)O)CC(=O)O.[NaH].[NaH]. The van der Waals surface area contributed by atoms with Gasteiger partial charge < -0.3 is 15.1 Å². The van der Waals surface area contributed by atoms with Gasteiger partial charge in [0.25, 0.3) is 0 Å². The molecule has 6 nitrogen and oxygen atoms in total. The summed E-state index contributed by atoms with van der Waals surface area (Å²) in [5.74, 6) is -2.92. The fraction of sp³-hybridized carbons (Fsp3) is 0.571. The Morgan fingerprint density at radius 1 is 1.00 bits per heavy atom. The van der Waals surface area contributed by atoms with Gasteiger partial charge in [-0.15, -0.1) is 0 Å². The summed E-state index contributed by atoms with van der Waals surface area (Å²) in [6.07, 6.45) is 0.0978. The first-order valence-electron chi connectivity index (χ1n) is 3.68. The van der Waals surface area contributed by atoms with Gasteiger partial charge in [-0.3, -0.25) is 14.4 Å². The summed E-state index contributed by atoms with van der Waals surface area (Å²) in [6, 6.07) is 0. The van der Waals surface area contributed by atoms with Crippen LogP contribution in [-0.2, 0) is 14.4 Å². The maximum atomic E-state index is 11.0. The van der Waals surface area contributed by atoms with Gasteiger partial charge in [0.1, 0.15) is 13.1 Å². The van der Waals surface area contributed by atoms with E-state index in [0.29, 0.717) is 0 Å². The Bertz CT molecular complexity index is 217. The second-order valence-electron chi connectivity index (χ2n) is 2.39. The van der Waals surface area contributed by atoms with Crippen LogP contribution in [0, 0.1) is 0 Å². The standard InChI is InChI=1S/C7H11NO5.2Na.2H/c1-2-5(9)8(3-6(10)11)4-7(12)13;;;;/h2-4H2,1H3,(H,10,11)(H,12,13);;;;. The average molecular weight is 237 g/mol. The Balaban J connectivity index is -0.000000720. The predicted molar refractivity (Wildman–Crippen MR) is 56.4 cm³/mol. The van der Waals surface area contributed by atoms with Crippen LogP contribution in [0.4, 0.5) is 0 Å². The molecule has 0 rings (SSSR count). The summed E-state index contributed by atoms with van der Waals surface area (Å²) in [5, 5.41) is 16.7. The van der Waals surface area contributed by atoms with Crippen LogP contribution in [0.1, 0.15) is 13.3 Å². The number of carbonyl (C=O) groups excluding carboxylic acids is 1. The number of rotatable bonds is 5. The molecule has 0 aromatic heterocycles. The van der Waals surface area contributed by atoms with Crippen molar-refractivity contribution in [1.82, 2.24) is 4.90 Å². The minimum atomic E-state index is -1.22. The molecule has 0 saturated carbocycles. The third kappa shape index (κ3) is 10.7. The molecule has 0 aromatic rings. The Kier molecular flexibility index (Phi) is 15.1. The second-order valence-corrected chi connectivity index (χ2v) is 2.39. The first-order valence-corrected chi connectivity index (χ1v) is 3.68. The summed E-state index contributed by atoms with van der Waals surface area (Å²) in [6.45, 7) is 0.400. The fourth-order valence-electron chi connectivity index (χ4n) is 0.782. The Labute approximate surface area is 132 Å². The number of nitrogens with zero attached hydrogens (tertiary/aromatic N) is 1. The molecule has 78 valence electrons. The van der Waals surface area contributed by atoms with Gasteiger partial charge in [0.05, 0.1) is 0 Å². The van der Waals surface area contributed by atoms with Gasteiger partial charge in [0.15, 0.2) is 0 Å². The zero-order chi connectivity index (χ0) is 10.4. The van der Waals surface area contributed by atoms with Crippen LogP contribution in [-0.4, -0.2) is 105 Å². The summed E-state index contributed by atoms with van der Waals surface area (Å²) in [4.78, 5) is 32.2. The zero-order valence-corrected chi connectivity index (χ0v) is 7.19. The van der Waals surface area contributed by atoms with Gasteiger partial charge >= 0.3 is 71.1 Å². The molecule has 0 heterocycles. The molecular weight excluding hydrogens is 224 g/mol. The quantitative estimate of drug-likeness (QED) is 0.544. The van der Waals surface area contributed by atoms with Crippen molar-refractivity contribution >= 4 is 77.0 Å². The number of aliphatic carboxylic acids is 2. The normalized spacial score (nSPS) is 8.07. The van der Waals surface area contributed by atoms with E-state index in [1.165, 1.54) is 0 Å². The molecule has 0 unspecified atom stereocenters. The number of carboxylic acid groups (broad SMARTS) is 2. The van der Waals surface area contributed by atoms with Crippen LogP contribution < -0.4 is 0 Å². The van der Waals surface area contributed by atoms with Crippen LogP contribution in [0.2, 0.25) is 0 Å². The van der Waals surface area contributed by atoms with Gasteiger partial charge in [-0.1, -0.05) is 6.92 Å². The molecule has 0 bridgehead atoms. The van der Waals surface area contributed by atoms with Crippen molar-refractivity contribution in [2.45, 2.75) is 13.3 Å². The van der Waals surface area contributed by atoms with Gasteiger partial charge in [0.2, 0.25) is 5.91 Å². The van der Waals surface area contributed by atoms with Crippen molar-refractivity contribution in [2.24, 2.45) is 0 Å². The van der Waals surface area contributed by atoms with Gasteiger partial charge in [-0.25, -0.2) is 0 Å². The van der Waals surface area contributed by atoms with Crippen LogP contribution in [0.15, 0.2) is 0 Å². The second kappa shape index (κ2) is 10.9. The van der Waals surface area contributed by atoms with Crippen molar-refractivity contribution in [3.05, 3.63) is 0 Å². The van der Waals surface area contributed by atoms with E-state index in [0.717, 1.165) is 4.90 Å². The van der Waals surface area contributed by atoms with Crippen molar-refractivity contribution in [1.29, 1.82) is 0 Å². The number of amides is 1. The molecule has 0 aliphatic carbocycles. The molecule has 0 aliphatic rings.